The molecule has 2 aromatic heterocycles. The minimum atomic E-state index is -0.128. The summed E-state index contributed by atoms with van der Waals surface area (Å²) >= 11 is 0. The average Bonchev–Trinajstić information content (AvgIpc) is 2.77. The van der Waals surface area contributed by atoms with Crippen molar-refractivity contribution in [2.24, 2.45) is 0 Å². The van der Waals surface area contributed by atoms with E-state index in [1.807, 2.05) is 20.8 Å². The Balaban J connectivity index is 0.00000220. The number of aryl methyl sites for hydroxylation is 2. The summed E-state index contributed by atoms with van der Waals surface area (Å²) in [4.78, 5) is 16.6. The monoisotopic (exact) mass is 312 g/mol. The molecule has 0 bridgehead atoms. The van der Waals surface area contributed by atoms with Gasteiger partial charge in [-0.25, -0.2) is 4.98 Å². The molecule has 2 heterocycles. The zero-order chi connectivity index (χ0) is 14.7. The van der Waals surface area contributed by atoms with Crippen molar-refractivity contribution < 1.29 is 9.32 Å². The summed E-state index contributed by atoms with van der Waals surface area (Å²) in [5.41, 5.74) is 2.39. The van der Waals surface area contributed by atoms with Crippen molar-refractivity contribution in [2.75, 3.05) is 13.1 Å². The summed E-state index contributed by atoms with van der Waals surface area (Å²) in [7, 11) is 0. The van der Waals surface area contributed by atoms with Crippen LogP contribution in [0.1, 0.15) is 35.6 Å². The Labute approximate surface area is 130 Å². The predicted octanol–water partition coefficient (Wildman–Crippen LogP) is 1.99. The van der Waals surface area contributed by atoms with Crippen LogP contribution in [0.25, 0.3) is 11.1 Å². The van der Waals surface area contributed by atoms with E-state index in [1.165, 1.54) is 0 Å². The van der Waals surface area contributed by atoms with E-state index in [4.69, 9.17) is 4.52 Å². The van der Waals surface area contributed by atoms with Crippen molar-refractivity contribution in [3.8, 4) is 0 Å². The van der Waals surface area contributed by atoms with E-state index in [0.29, 0.717) is 28.9 Å². The lowest BCUT2D eigenvalue weighted by Gasteiger charge is -2.13. The number of likely N-dealkylation sites (N-methyl/N-ethyl adjacent to an activating group) is 1. The Morgan fingerprint density at radius 3 is 2.81 bits per heavy atom. The molecule has 0 aliphatic heterocycles. The van der Waals surface area contributed by atoms with Crippen molar-refractivity contribution in [2.45, 2.75) is 33.7 Å². The van der Waals surface area contributed by atoms with Crippen LogP contribution in [0, 0.1) is 13.8 Å². The molecule has 0 radical (unpaired) electrons. The molecule has 2 aromatic rings. The van der Waals surface area contributed by atoms with Crippen LogP contribution in [-0.4, -0.2) is 35.2 Å². The zero-order valence-corrected chi connectivity index (χ0v) is 13.5. The maximum atomic E-state index is 12.3. The third-order valence-corrected chi connectivity index (χ3v) is 3.11. The standard InChI is InChI=1S/C14H20N4O2.ClH/c1-5-15-9(3)7-16-13(19)11-6-8(2)17-14-12(11)10(4)18-20-14;/h6,9,15H,5,7H2,1-4H3,(H,16,19);1H/t9-;/m1./s1. The van der Waals surface area contributed by atoms with E-state index in [9.17, 15) is 4.79 Å². The fourth-order valence-corrected chi connectivity index (χ4v) is 2.16. The van der Waals surface area contributed by atoms with Crippen LogP contribution in [0.2, 0.25) is 0 Å². The molecular weight excluding hydrogens is 292 g/mol. The number of halogens is 1. The van der Waals surface area contributed by atoms with Gasteiger partial charge in [0.15, 0.2) is 0 Å². The maximum absolute atomic E-state index is 12.3. The normalized spacial score (nSPS) is 12.0. The molecule has 2 rings (SSSR count). The van der Waals surface area contributed by atoms with E-state index < -0.39 is 0 Å². The number of carbonyl (C=O) groups excluding carboxylic acids is 1. The smallest absolute Gasteiger partial charge is 0.258 e. The van der Waals surface area contributed by atoms with E-state index in [-0.39, 0.29) is 24.4 Å². The first kappa shape index (κ1) is 17.4. The summed E-state index contributed by atoms with van der Waals surface area (Å²) in [6.07, 6.45) is 0. The first-order valence-electron chi connectivity index (χ1n) is 6.78. The molecule has 6 nitrogen and oxygen atoms in total. The van der Waals surface area contributed by atoms with Crippen LogP contribution in [-0.2, 0) is 0 Å². The molecule has 0 aromatic carbocycles. The summed E-state index contributed by atoms with van der Waals surface area (Å²) in [6.45, 7) is 9.15. The van der Waals surface area contributed by atoms with Gasteiger partial charge >= 0.3 is 0 Å². The highest BCUT2D eigenvalue weighted by Gasteiger charge is 2.17. The highest BCUT2D eigenvalue weighted by Crippen LogP contribution is 2.21. The molecule has 1 atom stereocenters. The highest BCUT2D eigenvalue weighted by atomic mass is 35.5. The number of fused-ring (bicyclic) bond motifs is 1. The van der Waals surface area contributed by atoms with Crippen molar-refractivity contribution in [3.63, 3.8) is 0 Å². The van der Waals surface area contributed by atoms with Crippen molar-refractivity contribution in [1.82, 2.24) is 20.8 Å². The first-order chi connectivity index (χ1) is 9.52. The fourth-order valence-electron chi connectivity index (χ4n) is 2.16. The van der Waals surface area contributed by atoms with E-state index in [2.05, 4.69) is 20.8 Å². The lowest BCUT2D eigenvalue weighted by Crippen LogP contribution is -2.38. The molecule has 0 saturated carbocycles. The van der Waals surface area contributed by atoms with Crippen LogP contribution < -0.4 is 10.6 Å². The summed E-state index contributed by atoms with van der Waals surface area (Å²) in [6, 6.07) is 1.99. The molecule has 21 heavy (non-hydrogen) atoms. The summed E-state index contributed by atoms with van der Waals surface area (Å²) < 4.78 is 5.13. The number of aromatic nitrogens is 2. The molecule has 2 N–H and O–H groups in total. The highest BCUT2D eigenvalue weighted by molar-refractivity contribution is 6.06. The molecule has 0 aliphatic carbocycles. The molecule has 0 unspecified atom stereocenters. The van der Waals surface area contributed by atoms with Crippen LogP contribution in [0.3, 0.4) is 0 Å². The second-order valence-corrected chi connectivity index (χ2v) is 4.93. The predicted molar refractivity (Wildman–Crippen MR) is 84.0 cm³/mol. The van der Waals surface area contributed by atoms with Crippen LogP contribution in [0.5, 0.6) is 0 Å². The van der Waals surface area contributed by atoms with Crippen LogP contribution in [0.4, 0.5) is 0 Å². The van der Waals surface area contributed by atoms with E-state index in [0.717, 1.165) is 12.2 Å². The number of pyridine rings is 1. The Morgan fingerprint density at radius 2 is 2.14 bits per heavy atom. The van der Waals surface area contributed by atoms with E-state index in [1.54, 1.807) is 13.0 Å². The van der Waals surface area contributed by atoms with Gasteiger partial charge in [0.25, 0.3) is 11.6 Å². The fraction of sp³-hybridized carbons (Fsp3) is 0.500. The Kier molecular flexibility index (Phi) is 6.11. The maximum Gasteiger partial charge on any atom is 0.258 e. The van der Waals surface area contributed by atoms with Gasteiger partial charge in [0.1, 0.15) is 0 Å². The van der Waals surface area contributed by atoms with Gasteiger partial charge in [-0.1, -0.05) is 12.1 Å². The summed E-state index contributed by atoms with van der Waals surface area (Å²) in [5.74, 6) is -0.128. The lowest BCUT2D eigenvalue weighted by molar-refractivity contribution is 0.0951. The number of amides is 1. The molecular formula is C14H21ClN4O2. The number of carbonyl (C=O) groups is 1. The molecule has 1 amide bonds. The largest absolute Gasteiger partial charge is 0.350 e. The number of hydrogen-bond acceptors (Lipinski definition) is 5. The second-order valence-electron chi connectivity index (χ2n) is 4.93. The lowest BCUT2D eigenvalue weighted by atomic mass is 10.1. The quantitative estimate of drug-likeness (QED) is 0.882. The second kappa shape index (κ2) is 7.38. The molecule has 7 heteroatoms. The van der Waals surface area contributed by atoms with Crippen LogP contribution in [0.15, 0.2) is 10.6 Å². The third-order valence-electron chi connectivity index (χ3n) is 3.11. The topological polar surface area (TPSA) is 80.0 Å². The number of hydrogen-bond donors (Lipinski definition) is 2. The molecule has 0 spiro atoms. The first-order valence-corrected chi connectivity index (χ1v) is 6.78. The van der Waals surface area contributed by atoms with Crippen molar-refractivity contribution >= 4 is 29.4 Å². The molecule has 0 aliphatic rings. The van der Waals surface area contributed by atoms with Crippen molar-refractivity contribution in [1.29, 1.82) is 0 Å². The number of nitrogens with one attached hydrogen (secondary N) is 2. The van der Waals surface area contributed by atoms with Gasteiger partial charge in [0.05, 0.1) is 16.6 Å². The Morgan fingerprint density at radius 1 is 1.43 bits per heavy atom. The zero-order valence-electron chi connectivity index (χ0n) is 12.7. The van der Waals surface area contributed by atoms with Crippen molar-refractivity contribution in [3.05, 3.63) is 23.0 Å². The molecule has 0 fully saturated rings. The minimum Gasteiger partial charge on any atom is -0.350 e. The number of rotatable bonds is 5. The molecule has 0 saturated heterocycles. The van der Waals surface area contributed by atoms with Gasteiger partial charge in [-0.15, -0.1) is 12.4 Å². The average molecular weight is 313 g/mol. The van der Waals surface area contributed by atoms with Gasteiger partial charge in [-0.3, -0.25) is 4.79 Å². The summed E-state index contributed by atoms with van der Waals surface area (Å²) in [5, 5.41) is 10.7. The Hall–Kier alpha value is -1.66. The minimum absolute atomic E-state index is 0. The Bertz CT molecular complexity index is 627. The number of nitrogens with zero attached hydrogens (tertiary/aromatic N) is 2. The van der Waals surface area contributed by atoms with Gasteiger partial charge in [0, 0.05) is 18.3 Å². The van der Waals surface area contributed by atoms with Crippen LogP contribution >= 0.6 is 12.4 Å². The van der Waals surface area contributed by atoms with E-state index >= 15 is 0 Å². The van der Waals surface area contributed by atoms with Gasteiger partial charge < -0.3 is 15.2 Å². The third kappa shape index (κ3) is 3.92. The molecule has 116 valence electrons. The van der Waals surface area contributed by atoms with Gasteiger partial charge in [0.2, 0.25) is 0 Å². The van der Waals surface area contributed by atoms with Gasteiger partial charge in [-0.05, 0) is 33.4 Å². The SMILES string of the molecule is CCN[C@H](C)CNC(=O)c1cc(C)nc2onc(C)c12.Cl. The van der Waals surface area contributed by atoms with Gasteiger partial charge in [-0.2, -0.15) is 0 Å².